The third-order valence-electron chi connectivity index (χ3n) is 3.12. The van der Waals surface area contributed by atoms with Gasteiger partial charge in [-0.1, -0.05) is 49.0 Å². The molecular formula is C15H21BrO2. The van der Waals surface area contributed by atoms with Gasteiger partial charge in [-0.05, 0) is 30.5 Å². The first-order chi connectivity index (χ1) is 8.71. The van der Waals surface area contributed by atoms with Gasteiger partial charge in [0.2, 0.25) is 0 Å². The lowest BCUT2D eigenvalue weighted by Crippen LogP contribution is -2.11. The van der Waals surface area contributed by atoms with Gasteiger partial charge in [-0.15, -0.1) is 0 Å². The van der Waals surface area contributed by atoms with Crippen molar-refractivity contribution in [1.29, 1.82) is 0 Å². The molecule has 0 bridgehead atoms. The molecule has 0 amide bonds. The van der Waals surface area contributed by atoms with Crippen molar-refractivity contribution in [3.63, 3.8) is 0 Å². The van der Waals surface area contributed by atoms with Gasteiger partial charge < -0.3 is 4.74 Å². The zero-order valence-corrected chi connectivity index (χ0v) is 12.7. The molecular weight excluding hydrogens is 292 g/mol. The van der Waals surface area contributed by atoms with Crippen molar-refractivity contribution in [2.45, 2.75) is 39.5 Å². The number of aldehydes is 1. The topological polar surface area (TPSA) is 26.3 Å². The van der Waals surface area contributed by atoms with E-state index in [9.17, 15) is 4.79 Å². The van der Waals surface area contributed by atoms with Crippen LogP contribution in [0, 0.1) is 5.92 Å². The second-order valence-electron chi connectivity index (χ2n) is 4.53. The number of carbonyl (C=O) groups is 1. The molecule has 18 heavy (non-hydrogen) atoms. The summed E-state index contributed by atoms with van der Waals surface area (Å²) in [5.74, 6) is 1.38. The molecule has 2 nitrogen and oxygen atoms in total. The van der Waals surface area contributed by atoms with E-state index in [4.69, 9.17) is 4.74 Å². The number of benzene rings is 1. The van der Waals surface area contributed by atoms with Gasteiger partial charge in [0.1, 0.15) is 5.75 Å². The minimum Gasteiger partial charge on any atom is -0.493 e. The predicted molar refractivity (Wildman–Crippen MR) is 78.3 cm³/mol. The molecule has 1 aromatic carbocycles. The lowest BCUT2D eigenvalue weighted by Gasteiger charge is -2.15. The van der Waals surface area contributed by atoms with E-state index in [2.05, 4.69) is 29.8 Å². The third kappa shape index (κ3) is 4.81. The van der Waals surface area contributed by atoms with E-state index in [1.54, 1.807) is 6.07 Å². The Morgan fingerprint density at radius 2 is 2.17 bits per heavy atom. The maximum atomic E-state index is 10.8. The van der Waals surface area contributed by atoms with Gasteiger partial charge in [-0.3, -0.25) is 4.79 Å². The number of unbranched alkanes of at least 4 members (excludes halogenated alkanes) is 1. The number of carbonyl (C=O) groups excluding carboxylic acids is 1. The fraction of sp³-hybridized carbons (Fsp3) is 0.533. The van der Waals surface area contributed by atoms with Crippen LogP contribution in [0.5, 0.6) is 5.75 Å². The summed E-state index contributed by atoms with van der Waals surface area (Å²) >= 11 is 3.33. The Kier molecular flexibility index (Phi) is 7.02. The summed E-state index contributed by atoms with van der Waals surface area (Å²) in [7, 11) is 0. The summed E-state index contributed by atoms with van der Waals surface area (Å²) in [5, 5.41) is 0. The van der Waals surface area contributed by atoms with E-state index < -0.39 is 0 Å². The SMILES string of the molecule is CCCCC(CC)COc1ccc(Br)c(C=O)c1. The fourth-order valence-corrected chi connectivity index (χ4v) is 2.15. The lowest BCUT2D eigenvalue weighted by atomic mass is 10.0. The number of hydrogen-bond acceptors (Lipinski definition) is 2. The molecule has 0 aliphatic rings. The average molecular weight is 313 g/mol. The van der Waals surface area contributed by atoms with Crippen LogP contribution in [0.2, 0.25) is 0 Å². The molecule has 0 heterocycles. The molecule has 100 valence electrons. The van der Waals surface area contributed by atoms with Gasteiger partial charge in [0.15, 0.2) is 6.29 Å². The quantitative estimate of drug-likeness (QED) is 0.641. The van der Waals surface area contributed by atoms with Crippen LogP contribution in [-0.4, -0.2) is 12.9 Å². The molecule has 3 heteroatoms. The summed E-state index contributed by atoms with van der Waals surface area (Å²) in [5.41, 5.74) is 0.633. The Labute approximate surface area is 118 Å². The Bertz CT molecular complexity index is 377. The van der Waals surface area contributed by atoms with Crippen LogP contribution in [0.1, 0.15) is 49.9 Å². The van der Waals surface area contributed by atoms with E-state index in [1.807, 2.05) is 12.1 Å². The van der Waals surface area contributed by atoms with Crippen LogP contribution in [-0.2, 0) is 0 Å². The first-order valence-electron chi connectivity index (χ1n) is 6.58. The molecule has 0 radical (unpaired) electrons. The molecule has 0 aliphatic heterocycles. The Balaban J connectivity index is 2.53. The van der Waals surface area contributed by atoms with Crippen molar-refractivity contribution in [1.82, 2.24) is 0 Å². The van der Waals surface area contributed by atoms with E-state index in [-0.39, 0.29) is 0 Å². The van der Waals surface area contributed by atoms with Crippen LogP contribution in [0.15, 0.2) is 22.7 Å². The van der Waals surface area contributed by atoms with Crippen LogP contribution in [0.3, 0.4) is 0 Å². The normalized spacial score (nSPS) is 12.2. The molecule has 0 saturated carbocycles. The summed E-state index contributed by atoms with van der Waals surface area (Å²) in [6.45, 7) is 5.14. The van der Waals surface area contributed by atoms with Crippen molar-refractivity contribution in [3.8, 4) is 5.75 Å². The molecule has 0 saturated heterocycles. The molecule has 0 spiro atoms. The second-order valence-corrected chi connectivity index (χ2v) is 5.38. The van der Waals surface area contributed by atoms with Gasteiger partial charge in [0.05, 0.1) is 6.61 Å². The van der Waals surface area contributed by atoms with Gasteiger partial charge in [-0.25, -0.2) is 0 Å². The zero-order chi connectivity index (χ0) is 13.4. The van der Waals surface area contributed by atoms with E-state index >= 15 is 0 Å². The predicted octanol–water partition coefficient (Wildman–Crippen LogP) is 4.86. The Hall–Kier alpha value is -0.830. The molecule has 1 aromatic rings. The molecule has 1 atom stereocenters. The smallest absolute Gasteiger partial charge is 0.151 e. The molecule has 0 aliphatic carbocycles. The fourth-order valence-electron chi connectivity index (χ4n) is 1.81. The van der Waals surface area contributed by atoms with Crippen molar-refractivity contribution < 1.29 is 9.53 Å². The first-order valence-corrected chi connectivity index (χ1v) is 7.38. The molecule has 0 aromatic heterocycles. The Morgan fingerprint density at radius 1 is 1.39 bits per heavy atom. The monoisotopic (exact) mass is 312 g/mol. The lowest BCUT2D eigenvalue weighted by molar-refractivity contribution is 0.112. The second kappa shape index (κ2) is 8.30. The standard InChI is InChI=1S/C15H21BrO2/c1-3-5-6-12(4-2)11-18-14-7-8-15(16)13(9-14)10-17/h7-10,12H,3-6,11H2,1-2H3. The van der Waals surface area contributed by atoms with Crippen LogP contribution >= 0.6 is 15.9 Å². The average Bonchev–Trinajstić information content (AvgIpc) is 2.40. The van der Waals surface area contributed by atoms with Crippen molar-refractivity contribution in [2.75, 3.05) is 6.61 Å². The molecule has 0 fully saturated rings. The maximum absolute atomic E-state index is 10.8. The van der Waals surface area contributed by atoms with Crippen molar-refractivity contribution >= 4 is 22.2 Å². The van der Waals surface area contributed by atoms with E-state index in [0.29, 0.717) is 11.5 Å². The third-order valence-corrected chi connectivity index (χ3v) is 3.85. The minimum absolute atomic E-state index is 0.605. The Morgan fingerprint density at radius 3 is 2.78 bits per heavy atom. The molecule has 1 rings (SSSR count). The van der Waals surface area contributed by atoms with Crippen LogP contribution in [0.4, 0.5) is 0 Å². The van der Waals surface area contributed by atoms with Gasteiger partial charge in [0.25, 0.3) is 0 Å². The number of ether oxygens (including phenoxy) is 1. The number of hydrogen-bond donors (Lipinski definition) is 0. The summed E-state index contributed by atoms with van der Waals surface area (Å²) in [6.07, 6.45) is 5.67. The van der Waals surface area contributed by atoms with Gasteiger partial charge >= 0.3 is 0 Å². The summed E-state index contributed by atoms with van der Waals surface area (Å²) in [6, 6.07) is 5.53. The summed E-state index contributed by atoms with van der Waals surface area (Å²) < 4.78 is 6.58. The van der Waals surface area contributed by atoms with Gasteiger partial charge in [-0.2, -0.15) is 0 Å². The maximum Gasteiger partial charge on any atom is 0.151 e. The van der Waals surface area contributed by atoms with E-state index in [1.165, 1.54) is 19.3 Å². The minimum atomic E-state index is 0.605. The first kappa shape index (κ1) is 15.2. The number of halogens is 1. The highest BCUT2D eigenvalue weighted by Crippen LogP contribution is 2.22. The highest BCUT2D eigenvalue weighted by molar-refractivity contribution is 9.10. The zero-order valence-electron chi connectivity index (χ0n) is 11.1. The highest BCUT2D eigenvalue weighted by atomic mass is 79.9. The largest absolute Gasteiger partial charge is 0.493 e. The van der Waals surface area contributed by atoms with Crippen molar-refractivity contribution in [2.24, 2.45) is 5.92 Å². The number of rotatable bonds is 8. The van der Waals surface area contributed by atoms with Crippen LogP contribution in [0.25, 0.3) is 0 Å². The molecule has 0 N–H and O–H groups in total. The summed E-state index contributed by atoms with van der Waals surface area (Å²) in [4.78, 5) is 10.8. The van der Waals surface area contributed by atoms with Crippen LogP contribution < -0.4 is 4.74 Å². The van der Waals surface area contributed by atoms with E-state index in [0.717, 1.165) is 29.5 Å². The highest BCUT2D eigenvalue weighted by Gasteiger charge is 2.08. The molecule has 1 unspecified atom stereocenters. The van der Waals surface area contributed by atoms with Crippen molar-refractivity contribution in [3.05, 3.63) is 28.2 Å². The van der Waals surface area contributed by atoms with Gasteiger partial charge in [0, 0.05) is 10.0 Å².